The summed E-state index contributed by atoms with van der Waals surface area (Å²) >= 11 is 0. The highest BCUT2D eigenvalue weighted by molar-refractivity contribution is 5.72. The van der Waals surface area contributed by atoms with Crippen molar-refractivity contribution in [3.63, 3.8) is 0 Å². The highest BCUT2D eigenvalue weighted by atomic mass is 16.5. The van der Waals surface area contributed by atoms with E-state index in [9.17, 15) is 4.79 Å². The molecule has 15 heavy (non-hydrogen) atoms. The fourth-order valence-electron chi connectivity index (χ4n) is 1.89. The molecule has 3 heteroatoms. The summed E-state index contributed by atoms with van der Waals surface area (Å²) in [6.45, 7) is 7.09. The first kappa shape index (κ1) is 12.2. The molecule has 0 spiro atoms. The van der Waals surface area contributed by atoms with Crippen LogP contribution in [-0.2, 0) is 9.53 Å². The molecule has 0 radical (unpaired) electrons. The first-order chi connectivity index (χ1) is 7.13. The summed E-state index contributed by atoms with van der Waals surface area (Å²) in [4.78, 5) is 13.7. The number of nitrogens with zero attached hydrogens (tertiary/aromatic N) is 1. The number of rotatable bonds is 3. The molecule has 0 saturated carbocycles. The number of methoxy groups -OCH3 is 1. The molecule has 1 fully saturated rings. The van der Waals surface area contributed by atoms with Gasteiger partial charge < -0.3 is 4.74 Å². The molecule has 1 unspecified atom stereocenters. The highest BCUT2D eigenvalue weighted by Gasteiger charge is 2.25. The zero-order chi connectivity index (χ0) is 11.3. The maximum absolute atomic E-state index is 11.4. The van der Waals surface area contributed by atoms with Crippen molar-refractivity contribution in [2.75, 3.05) is 26.7 Å². The van der Waals surface area contributed by atoms with Crippen molar-refractivity contribution in [2.24, 2.45) is 5.92 Å². The highest BCUT2D eigenvalue weighted by Crippen LogP contribution is 2.17. The minimum atomic E-state index is -0.0584. The van der Waals surface area contributed by atoms with Gasteiger partial charge in [0.25, 0.3) is 0 Å². The van der Waals surface area contributed by atoms with E-state index in [1.54, 1.807) is 0 Å². The topological polar surface area (TPSA) is 29.5 Å². The third-order valence-electron chi connectivity index (χ3n) is 2.80. The summed E-state index contributed by atoms with van der Waals surface area (Å²) in [5.74, 6) is 0.0196. The summed E-state index contributed by atoms with van der Waals surface area (Å²) in [5, 5.41) is 0. The second kappa shape index (κ2) is 5.91. The zero-order valence-corrected chi connectivity index (χ0v) is 9.95. The van der Waals surface area contributed by atoms with Crippen LogP contribution in [-0.4, -0.2) is 37.6 Å². The molecule has 1 aliphatic rings. The Labute approximate surface area is 92.1 Å². The molecule has 1 rings (SSSR count). The number of piperidine rings is 1. The molecule has 1 atom stereocenters. The summed E-state index contributed by atoms with van der Waals surface area (Å²) in [5.41, 5.74) is 1.33. The standard InChI is InChI=1S/C12H21NO2/c1-10(2)6-8-13-7-4-5-11(9-13)12(14)15-3/h6,11H,4-5,7-9H2,1-3H3. The molecule has 1 saturated heterocycles. The number of carbonyl (C=O) groups excluding carboxylic acids is 1. The maximum Gasteiger partial charge on any atom is 0.309 e. The van der Waals surface area contributed by atoms with Crippen LogP contribution in [0, 0.1) is 5.92 Å². The molecule has 0 aromatic carbocycles. The van der Waals surface area contributed by atoms with Gasteiger partial charge >= 0.3 is 5.97 Å². The molecule has 0 aromatic rings. The van der Waals surface area contributed by atoms with Gasteiger partial charge in [0.2, 0.25) is 0 Å². The summed E-state index contributed by atoms with van der Waals surface area (Å²) in [6.07, 6.45) is 4.27. The van der Waals surface area contributed by atoms with Gasteiger partial charge in [-0.25, -0.2) is 0 Å². The van der Waals surface area contributed by atoms with Crippen molar-refractivity contribution in [1.82, 2.24) is 4.90 Å². The lowest BCUT2D eigenvalue weighted by Crippen LogP contribution is -2.39. The van der Waals surface area contributed by atoms with Crippen LogP contribution >= 0.6 is 0 Å². The molecule has 1 heterocycles. The van der Waals surface area contributed by atoms with Gasteiger partial charge in [-0.05, 0) is 33.2 Å². The van der Waals surface area contributed by atoms with Crippen LogP contribution in [0.2, 0.25) is 0 Å². The van der Waals surface area contributed by atoms with E-state index in [0.717, 1.165) is 32.5 Å². The minimum absolute atomic E-state index is 0.0584. The van der Waals surface area contributed by atoms with E-state index in [2.05, 4.69) is 24.8 Å². The Hall–Kier alpha value is -0.830. The predicted octanol–water partition coefficient (Wildman–Crippen LogP) is 1.84. The third kappa shape index (κ3) is 4.04. The number of likely N-dealkylation sites (tertiary alicyclic amines) is 1. The molecular weight excluding hydrogens is 190 g/mol. The van der Waals surface area contributed by atoms with E-state index in [0.29, 0.717) is 0 Å². The second-order valence-corrected chi connectivity index (χ2v) is 4.40. The SMILES string of the molecule is COC(=O)C1CCCN(CC=C(C)C)C1. The van der Waals surface area contributed by atoms with Crippen molar-refractivity contribution in [3.05, 3.63) is 11.6 Å². The van der Waals surface area contributed by atoms with Crippen LogP contribution in [0.3, 0.4) is 0 Å². The van der Waals surface area contributed by atoms with E-state index >= 15 is 0 Å². The average molecular weight is 211 g/mol. The van der Waals surface area contributed by atoms with Gasteiger partial charge in [-0.3, -0.25) is 9.69 Å². The van der Waals surface area contributed by atoms with Crippen LogP contribution in [0.5, 0.6) is 0 Å². The summed E-state index contributed by atoms with van der Waals surface area (Å²) < 4.78 is 4.78. The third-order valence-corrected chi connectivity index (χ3v) is 2.80. The fourth-order valence-corrected chi connectivity index (χ4v) is 1.89. The van der Waals surface area contributed by atoms with E-state index < -0.39 is 0 Å². The number of ether oxygens (including phenoxy) is 1. The van der Waals surface area contributed by atoms with Gasteiger partial charge in [-0.15, -0.1) is 0 Å². The largest absolute Gasteiger partial charge is 0.469 e. The first-order valence-corrected chi connectivity index (χ1v) is 5.57. The van der Waals surface area contributed by atoms with Crippen molar-refractivity contribution in [1.29, 1.82) is 0 Å². The van der Waals surface area contributed by atoms with Crippen LogP contribution in [0.25, 0.3) is 0 Å². The van der Waals surface area contributed by atoms with Crippen molar-refractivity contribution in [2.45, 2.75) is 26.7 Å². The average Bonchev–Trinajstić information content (AvgIpc) is 2.25. The quantitative estimate of drug-likeness (QED) is 0.527. The second-order valence-electron chi connectivity index (χ2n) is 4.40. The van der Waals surface area contributed by atoms with Crippen LogP contribution in [0.15, 0.2) is 11.6 Å². The molecule has 0 bridgehead atoms. The summed E-state index contributed by atoms with van der Waals surface area (Å²) in [6, 6.07) is 0. The summed E-state index contributed by atoms with van der Waals surface area (Å²) in [7, 11) is 1.47. The Morgan fingerprint density at radius 1 is 1.53 bits per heavy atom. The lowest BCUT2D eigenvalue weighted by Gasteiger charge is -2.30. The molecule has 0 amide bonds. The van der Waals surface area contributed by atoms with Gasteiger partial charge in [0.15, 0.2) is 0 Å². The molecular formula is C12H21NO2. The molecule has 86 valence electrons. The number of carbonyl (C=O) groups is 1. The smallest absolute Gasteiger partial charge is 0.309 e. The van der Waals surface area contributed by atoms with E-state index in [4.69, 9.17) is 4.74 Å². The predicted molar refractivity (Wildman–Crippen MR) is 60.6 cm³/mol. The van der Waals surface area contributed by atoms with E-state index in [-0.39, 0.29) is 11.9 Å². The van der Waals surface area contributed by atoms with Crippen LogP contribution in [0.4, 0.5) is 0 Å². The molecule has 0 aliphatic carbocycles. The Balaban J connectivity index is 2.42. The molecule has 3 nitrogen and oxygen atoms in total. The number of hydrogen-bond donors (Lipinski definition) is 0. The Morgan fingerprint density at radius 2 is 2.27 bits per heavy atom. The first-order valence-electron chi connectivity index (χ1n) is 5.57. The minimum Gasteiger partial charge on any atom is -0.469 e. The van der Waals surface area contributed by atoms with Gasteiger partial charge in [0.05, 0.1) is 13.0 Å². The number of allylic oxidation sites excluding steroid dienone is 1. The lowest BCUT2D eigenvalue weighted by atomic mass is 9.98. The molecule has 0 N–H and O–H groups in total. The Bertz CT molecular complexity index is 244. The maximum atomic E-state index is 11.4. The van der Waals surface area contributed by atoms with Crippen molar-refractivity contribution < 1.29 is 9.53 Å². The monoisotopic (exact) mass is 211 g/mol. The Morgan fingerprint density at radius 3 is 2.87 bits per heavy atom. The van der Waals surface area contributed by atoms with Crippen molar-refractivity contribution >= 4 is 5.97 Å². The lowest BCUT2D eigenvalue weighted by molar-refractivity contribution is -0.147. The van der Waals surface area contributed by atoms with Crippen LogP contribution < -0.4 is 0 Å². The van der Waals surface area contributed by atoms with Gasteiger partial charge in [0, 0.05) is 13.1 Å². The normalized spacial score (nSPS) is 22.2. The zero-order valence-electron chi connectivity index (χ0n) is 9.95. The van der Waals surface area contributed by atoms with Crippen LogP contribution in [0.1, 0.15) is 26.7 Å². The molecule has 1 aliphatic heterocycles. The van der Waals surface area contributed by atoms with Gasteiger partial charge in [0.1, 0.15) is 0 Å². The molecule has 0 aromatic heterocycles. The van der Waals surface area contributed by atoms with Gasteiger partial charge in [-0.1, -0.05) is 11.6 Å². The van der Waals surface area contributed by atoms with E-state index in [1.807, 2.05) is 0 Å². The van der Waals surface area contributed by atoms with Crippen molar-refractivity contribution in [3.8, 4) is 0 Å². The van der Waals surface area contributed by atoms with E-state index in [1.165, 1.54) is 12.7 Å². The van der Waals surface area contributed by atoms with Gasteiger partial charge in [-0.2, -0.15) is 0 Å². The number of esters is 1. The fraction of sp³-hybridized carbons (Fsp3) is 0.750. The Kier molecular flexibility index (Phi) is 4.82. The number of hydrogen-bond acceptors (Lipinski definition) is 3.